The summed E-state index contributed by atoms with van der Waals surface area (Å²) in [5, 5.41) is 0. The van der Waals surface area contributed by atoms with Crippen LogP contribution in [0.2, 0.25) is 0 Å². The molecule has 4 atom stereocenters. The van der Waals surface area contributed by atoms with E-state index in [0.717, 1.165) is 38.5 Å². The molecule has 0 unspecified atom stereocenters. The molecule has 2 saturated carbocycles. The molecule has 0 bridgehead atoms. The lowest BCUT2D eigenvalue weighted by molar-refractivity contribution is -0.151. The molecule has 3 rings (SSSR count). The van der Waals surface area contributed by atoms with Crippen LogP contribution in [-0.2, 0) is 14.4 Å². The first-order valence-corrected chi connectivity index (χ1v) is 8.91. The number of likely N-dealkylation sites (tertiary alicyclic amines) is 1. The second kappa shape index (κ2) is 5.60. The highest BCUT2D eigenvalue weighted by Gasteiger charge is 2.52. The summed E-state index contributed by atoms with van der Waals surface area (Å²) in [6.07, 6.45) is 5.85. The third kappa shape index (κ3) is 2.58. The Labute approximate surface area is 138 Å². The van der Waals surface area contributed by atoms with E-state index in [-0.39, 0.29) is 41.0 Å². The Kier molecular flexibility index (Phi) is 4.01. The van der Waals surface area contributed by atoms with Crippen LogP contribution in [0, 0.1) is 17.3 Å². The van der Waals surface area contributed by atoms with Crippen LogP contribution in [0.3, 0.4) is 0 Å². The predicted octanol–water partition coefficient (Wildman–Crippen LogP) is 2.20. The van der Waals surface area contributed by atoms with E-state index in [1.807, 2.05) is 0 Å². The highest BCUT2D eigenvalue weighted by Crippen LogP contribution is 2.49. The van der Waals surface area contributed by atoms with Crippen molar-refractivity contribution in [1.29, 1.82) is 0 Å². The molecular weight excluding hydrogens is 292 g/mol. The summed E-state index contributed by atoms with van der Waals surface area (Å²) in [6, 6.07) is -0.553. The molecule has 128 valence electrons. The number of nitrogens with zero attached hydrogens (tertiary/aromatic N) is 2. The van der Waals surface area contributed by atoms with Crippen molar-refractivity contribution in [2.75, 3.05) is 7.05 Å². The normalized spacial score (nSPS) is 31.6. The Morgan fingerprint density at radius 3 is 2.04 bits per heavy atom. The van der Waals surface area contributed by atoms with E-state index < -0.39 is 6.04 Å². The van der Waals surface area contributed by atoms with Crippen molar-refractivity contribution in [2.45, 2.75) is 71.4 Å². The lowest BCUT2D eigenvalue weighted by atomic mass is 9.81. The van der Waals surface area contributed by atoms with Crippen molar-refractivity contribution < 1.29 is 14.4 Å². The van der Waals surface area contributed by atoms with E-state index in [9.17, 15) is 14.4 Å². The van der Waals surface area contributed by atoms with Gasteiger partial charge >= 0.3 is 0 Å². The number of carbonyl (C=O) groups excluding carboxylic acids is 3. The van der Waals surface area contributed by atoms with Crippen LogP contribution in [0.15, 0.2) is 0 Å². The molecule has 23 heavy (non-hydrogen) atoms. The largest absolute Gasteiger partial charge is 0.341 e. The molecule has 3 fully saturated rings. The number of likely N-dealkylation sites (N-methyl/N-ethyl adjacent to an activating group) is 1. The Hall–Kier alpha value is -1.39. The minimum atomic E-state index is -0.685. The van der Waals surface area contributed by atoms with Crippen LogP contribution in [0.1, 0.15) is 59.3 Å². The summed E-state index contributed by atoms with van der Waals surface area (Å²) in [5.74, 6) is -0.741. The summed E-state index contributed by atoms with van der Waals surface area (Å²) < 4.78 is 0. The van der Waals surface area contributed by atoms with Crippen LogP contribution < -0.4 is 0 Å². The molecule has 5 nitrogen and oxygen atoms in total. The zero-order valence-corrected chi connectivity index (χ0v) is 14.7. The van der Waals surface area contributed by atoms with Gasteiger partial charge in [0.05, 0.1) is 11.8 Å². The van der Waals surface area contributed by atoms with E-state index in [1.54, 1.807) is 18.9 Å². The SMILES string of the molecule is C[C@H](C(=O)N(C)[C@H](C)C1(C)CC1)N1C(=O)[C@H]2CCCC[C@H]2C1=O. The van der Waals surface area contributed by atoms with Gasteiger partial charge in [0.1, 0.15) is 6.04 Å². The maximum atomic E-state index is 12.8. The molecular formula is C18H28N2O3. The summed E-state index contributed by atoms with van der Waals surface area (Å²) in [4.78, 5) is 41.1. The fraction of sp³-hybridized carbons (Fsp3) is 0.833. The molecule has 1 saturated heterocycles. The van der Waals surface area contributed by atoms with Gasteiger partial charge in [-0.2, -0.15) is 0 Å². The summed E-state index contributed by atoms with van der Waals surface area (Å²) in [6.45, 7) is 5.95. The molecule has 1 aliphatic heterocycles. The topological polar surface area (TPSA) is 57.7 Å². The molecule has 1 heterocycles. The minimum Gasteiger partial charge on any atom is -0.341 e. The third-order valence-corrected chi connectivity index (χ3v) is 6.60. The van der Waals surface area contributed by atoms with Crippen molar-refractivity contribution in [3.63, 3.8) is 0 Å². The summed E-state index contributed by atoms with van der Waals surface area (Å²) in [5.41, 5.74) is 0.192. The average molecular weight is 320 g/mol. The average Bonchev–Trinajstić information content (AvgIpc) is 3.25. The van der Waals surface area contributed by atoms with Crippen LogP contribution in [0.25, 0.3) is 0 Å². The third-order valence-electron chi connectivity index (χ3n) is 6.60. The summed E-state index contributed by atoms with van der Waals surface area (Å²) in [7, 11) is 1.80. The van der Waals surface area contributed by atoms with Gasteiger partial charge in [0, 0.05) is 13.1 Å². The fourth-order valence-corrected chi connectivity index (χ4v) is 4.25. The molecule has 5 heteroatoms. The van der Waals surface area contributed by atoms with E-state index in [2.05, 4.69) is 13.8 Å². The van der Waals surface area contributed by atoms with Crippen molar-refractivity contribution >= 4 is 17.7 Å². The lowest BCUT2D eigenvalue weighted by Crippen LogP contribution is -2.52. The molecule has 3 aliphatic rings. The molecule has 0 N–H and O–H groups in total. The highest BCUT2D eigenvalue weighted by atomic mass is 16.2. The molecule has 3 amide bonds. The van der Waals surface area contributed by atoms with Crippen molar-refractivity contribution in [3.05, 3.63) is 0 Å². The quantitative estimate of drug-likeness (QED) is 0.746. The van der Waals surface area contributed by atoms with Gasteiger partial charge in [-0.25, -0.2) is 0 Å². The van der Waals surface area contributed by atoms with Gasteiger partial charge in [0.25, 0.3) is 0 Å². The number of carbonyl (C=O) groups is 3. The second-order valence-electron chi connectivity index (χ2n) is 8.00. The number of hydrogen-bond donors (Lipinski definition) is 0. The van der Waals surface area contributed by atoms with Gasteiger partial charge in [0.2, 0.25) is 17.7 Å². The van der Waals surface area contributed by atoms with E-state index in [1.165, 1.54) is 4.90 Å². The smallest absolute Gasteiger partial charge is 0.245 e. The molecule has 0 aromatic rings. The Balaban J connectivity index is 1.74. The van der Waals surface area contributed by atoms with Crippen molar-refractivity contribution in [1.82, 2.24) is 9.80 Å². The number of fused-ring (bicyclic) bond motifs is 1. The zero-order chi connectivity index (χ0) is 16.9. The van der Waals surface area contributed by atoms with Crippen LogP contribution in [-0.4, -0.2) is 46.7 Å². The minimum absolute atomic E-state index is 0.119. The Bertz CT molecular complexity index is 516. The fourth-order valence-electron chi connectivity index (χ4n) is 4.25. The number of imide groups is 1. The van der Waals surface area contributed by atoms with Gasteiger partial charge < -0.3 is 4.90 Å². The van der Waals surface area contributed by atoms with E-state index in [0.29, 0.717) is 0 Å². The predicted molar refractivity (Wildman–Crippen MR) is 86.3 cm³/mol. The van der Waals surface area contributed by atoms with Crippen LogP contribution in [0.4, 0.5) is 0 Å². The summed E-state index contributed by atoms with van der Waals surface area (Å²) >= 11 is 0. The molecule has 0 radical (unpaired) electrons. The van der Waals surface area contributed by atoms with E-state index >= 15 is 0 Å². The molecule has 0 aromatic heterocycles. The van der Waals surface area contributed by atoms with E-state index in [4.69, 9.17) is 0 Å². The zero-order valence-electron chi connectivity index (χ0n) is 14.7. The van der Waals surface area contributed by atoms with Gasteiger partial charge in [-0.1, -0.05) is 19.8 Å². The van der Waals surface area contributed by atoms with Gasteiger partial charge in [-0.15, -0.1) is 0 Å². The standard InChI is InChI=1S/C18H28N2O3/c1-11(15(21)19(4)12(2)18(3)9-10-18)20-16(22)13-7-5-6-8-14(13)17(20)23/h11-14H,5-10H2,1-4H3/t11-,12-,13-,14+/m1/s1. The maximum absolute atomic E-state index is 12.8. The molecule has 0 spiro atoms. The number of hydrogen-bond acceptors (Lipinski definition) is 3. The Morgan fingerprint density at radius 1 is 1.13 bits per heavy atom. The first-order valence-electron chi connectivity index (χ1n) is 8.91. The number of amides is 3. The van der Waals surface area contributed by atoms with Crippen LogP contribution in [0.5, 0.6) is 0 Å². The first-order chi connectivity index (χ1) is 10.8. The van der Waals surface area contributed by atoms with Crippen molar-refractivity contribution in [3.8, 4) is 0 Å². The number of rotatable bonds is 4. The monoisotopic (exact) mass is 320 g/mol. The lowest BCUT2D eigenvalue weighted by Gasteiger charge is -2.34. The Morgan fingerprint density at radius 2 is 1.61 bits per heavy atom. The second-order valence-corrected chi connectivity index (χ2v) is 8.00. The first kappa shape index (κ1) is 16.5. The van der Waals surface area contributed by atoms with Crippen molar-refractivity contribution in [2.24, 2.45) is 17.3 Å². The van der Waals surface area contributed by atoms with Gasteiger partial charge in [-0.05, 0) is 44.9 Å². The maximum Gasteiger partial charge on any atom is 0.245 e. The van der Waals surface area contributed by atoms with Crippen LogP contribution >= 0.6 is 0 Å². The van der Waals surface area contributed by atoms with Gasteiger partial charge in [0.15, 0.2) is 0 Å². The van der Waals surface area contributed by atoms with Gasteiger partial charge in [-0.3, -0.25) is 19.3 Å². The molecule has 2 aliphatic carbocycles. The highest BCUT2D eigenvalue weighted by molar-refractivity contribution is 6.08. The molecule has 0 aromatic carbocycles.